The normalized spacial score (nSPS) is 17.8. The van der Waals surface area contributed by atoms with Crippen LogP contribution >= 0.6 is 11.6 Å². The van der Waals surface area contributed by atoms with Gasteiger partial charge in [-0.2, -0.15) is 0 Å². The zero-order valence-electron chi connectivity index (χ0n) is 18.7. The van der Waals surface area contributed by atoms with Crippen molar-refractivity contribution in [1.82, 2.24) is 19.3 Å². The molecule has 10 heteroatoms. The number of hydrogen-bond donors (Lipinski definition) is 0. The van der Waals surface area contributed by atoms with Crippen molar-refractivity contribution in [1.29, 1.82) is 0 Å². The molecule has 1 aliphatic heterocycles. The van der Waals surface area contributed by atoms with E-state index >= 15 is 0 Å². The minimum absolute atomic E-state index is 0.00336. The molecule has 3 heterocycles. The van der Waals surface area contributed by atoms with Crippen LogP contribution in [0.15, 0.2) is 12.4 Å². The Morgan fingerprint density at radius 1 is 1.10 bits per heavy atom. The second kappa shape index (κ2) is 9.09. The molecule has 172 valence electrons. The molecule has 1 amide bonds. The van der Waals surface area contributed by atoms with Crippen LogP contribution in [0.1, 0.15) is 66.1 Å². The molecule has 0 N–H and O–H groups in total. The van der Waals surface area contributed by atoms with Crippen molar-refractivity contribution in [3.63, 3.8) is 0 Å². The van der Waals surface area contributed by atoms with Gasteiger partial charge in [-0.25, -0.2) is 0 Å². The Hall–Kier alpha value is -1.62. The van der Waals surface area contributed by atoms with Crippen LogP contribution in [0.25, 0.3) is 5.52 Å². The summed E-state index contributed by atoms with van der Waals surface area (Å²) in [5.41, 5.74) is -0.439. The molecule has 0 aromatic carbocycles. The number of hydrogen-bond acceptors (Lipinski definition) is 6. The predicted octanol–water partition coefficient (Wildman–Crippen LogP) is 1.69. The van der Waals surface area contributed by atoms with E-state index in [1.165, 1.54) is 0 Å². The van der Waals surface area contributed by atoms with Crippen molar-refractivity contribution < 1.29 is 40.3 Å². The zero-order valence-corrected chi connectivity index (χ0v) is 21.7. The molecule has 2 aromatic heterocycles. The number of likely N-dealkylation sites (tertiary alicyclic amines) is 1. The zero-order chi connectivity index (χ0) is 23.0. The second-order valence-electron chi connectivity index (χ2n) is 9.52. The van der Waals surface area contributed by atoms with E-state index in [-0.39, 0.29) is 16.0 Å². The van der Waals surface area contributed by atoms with Crippen molar-refractivity contribution in [2.24, 2.45) is 0 Å². The summed E-state index contributed by atoms with van der Waals surface area (Å²) in [5.74, 6) is 0.787. The average Bonchev–Trinajstić information content (AvgIpc) is 3.07. The number of amides is 1. The molecular formula is C21H29ClIN4O4-. The van der Waals surface area contributed by atoms with Gasteiger partial charge in [-0.1, -0.05) is 0 Å². The van der Waals surface area contributed by atoms with Crippen LogP contribution in [-0.2, 0) is 9.47 Å². The monoisotopic (exact) mass is 563 g/mol. The van der Waals surface area contributed by atoms with Crippen molar-refractivity contribution in [2.75, 3.05) is 13.1 Å². The van der Waals surface area contributed by atoms with E-state index in [1.54, 1.807) is 17.3 Å². The number of nitrogens with zero attached hydrogens (tertiary/aromatic N) is 4. The second-order valence-corrected chi connectivity index (χ2v) is 12.4. The Bertz CT molecular complexity index is 980. The van der Waals surface area contributed by atoms with Crippen LogP contribution in [0.5, 0.6) is 0 Å². The number of aromatic nitrogens is 3. The molecule has 0 radical (unpaired) electrons. The molecule has 0 spiro atoms. The first-order valence-electron chi connectivity index (χ1n) is 10.2. The third-order valence-corrected chi connectivity index (χ3v) is 6.76. The third-order valence-electron chi connectivity index (χ3n) is 4.50. The maximum absolute atomic E-state index is 12.6. The van der Waals surface area contributed by atoms with Crippen LogP contribution in [0.4, 0.5) is 9.59 Å². The Balaban J connectivity index is 1.89. The van der Waals surface area contributed by atoms with E-state index in [0.717, 1.165) is 22.4 Å². The van der Waals surface area contributed by atoms with Crippen LogP contribution in [0, 0.1) is 3.70 Å². The van der Waals surface area contributed by atoms with Crippen molar-refractivity contribution in [2.45, 2.75) is 71.5 Å². The van der Waals surface area contributed by atoms with Gasteiger partial charge in [0, 0.05) is 0 Å². The third kappa shape index (κ3) is 6.21. The van der Waals surface area contributed by atoms with Gasteiger partial charge in [-0.15, -0.1) is 0 Å². The van der Waals surface area contributed by atoms with E-state index in [1.807, 2.05) is 45.9 Å². The van der Waals surface area contributed by atoms with Gasteiger partial charge < -0.3 is 0 Å². The molecule has 0 bridgehead atoms. The number of ether oxygens (including phenoxy) is 2. The van der Waals surface area contributed by atoms with E-state index < -0.39 is 32.4 Å². The van der Waals surface area contributed by atoms with Crippen LogP contribution < -0.4 is 21.2 Å². The maximum atomic E-state index is 12.6. The average molecular weight is 564 g/mol. The molecule has 31 heavy (non-hydrogen) atoms. The number of piperidine rings is 1. The number of fused-ring (bicyclic) bond motifs is 1. The fourth-order valence-corrected chi connectivity index (χ4v) is 5.77. The Morgan fingerprint density at radius 3 is 2.42 bits per heavy atom. The fraction of sp³-hybridized carbons (Fsp3) is 0.619. The molecule has 2 aromatic rings. The minimum atomic E-state index is -1.14. The van der Waals surface area contributed by atoms with Gasteiger partial charge >= 0.3 is 198 Å². The number of imidazole rings is 1. The van der Waals surface area contributed by atoms with E-state index in [0.29, 0.717) is 23.8 Å². The fourth-order valence-electron chi connectivity index (χ4n) is 3.34. The molecule has 0 unspecified atom stereocenters. The van der Waals surface area contributed by atoms with Gasteiger partial charge in [0.1, 0.15) is 0 Å². The van der Waals surface area contributed by atoms with Gasteiger partial charge in [-0.3, -0.25) is 0 Å². The Labute approximate surface area is 197 Å². The molecule has 1 fully saturated rings. The summed E-state index contributed by atoms with van der Waals surface area (Å²) in [6, 6.07) is 0. The van der Waals surface area contributed by atoms with Crippen molar-refractivity contribution in [3.05, 3.63) is 27.1 Å². The first-order chi connectivity index (χ1) is 14.3. The van der Waals surface area contributed by atoms with Crippen LogP contribution in [0.2, 0.25) is 5.15 Å². The number of carbonyl (C=O) groups excluding carboxylic acids is 2. The SMILES string of the molecule is CC(C)(C)OC(=O)[I-]c1cnc(Cl)c2cnc([C@@H]3CCCN(C(=O)OC(C)(C)C)C3)n12. The molecule has 0 saturated carbocycles. The van der Waals surface area contributed by atoms with E-state index in [9.17, 15) is 9.59 Å². The van der Waals surface area contributed by atoms with E-state index in [2.05, 4.69) is 9.97 Å². The van der Waals surface area contributed by atoms with Crippen molar-refractivity contribution >= 4 is 27.2 Å². The number of halogens is 2. The molecule has 1 saturated heterocycles. The van der Waals surface area contributed by atoms with Gasteiger partial charge in [0.2, 0.25) is 0 Å². The topological polar surface area (TPSA) is 86.0 Å². The number of rotatable bonds is 3. The molecular weight excluding hydrogens is 535 g/mol. The summed E-state index contributed by atoms with van der Waals surface area (Å²) < 4.78 is 13.5. The summed E-state index contributed by atoms with van der Waals surface area (Å²) in [6.07, 6.45) is 4.71. The predicted molar refractivity (Wildman–Crippen MR) is 113 cm³/mol. The van der Waals surface area contributed by atoms with Crippen molar-refractivity contribution in [3.8, 4) is 0 Å². The Morgan fingerprint density at radius 2 is 1.77 bits per heavy atom. The summed E-state index contributed by atoms with van der Waals surface area (Å²) in [6.45, 7) is 12.3. The van der Waals surface area contributed by atoms with Crippen LogP contribution in [-0.4, -0.2) is 53.6 Å². The van der Waals surface area contributed by atoms with Gasteiger partial charge in [0.05, 0.1) is 0 Å². The molecule has 8 nitrogen and oxygen atoms in total. The van der Waals surface area contributed by atoms with Gasteiger partial charge in [-0.05, 0) is 0 Å². The summed E-state index contributed by atoms with van der Waals surface area (Å²) in [7, 11) is 0. The number of carbonyl (C=O) groups is 2. The quantitative estimate of drug-likeness (QED) is 0.417. The first-order valence-corrected chi connectivity index (χ1v) is 12.8. The van der Waals surface area contributed by atoms with Crippen LogP contribution in [0.3, 0.4) is 0 Å². The molecule has 0 aliphatic carbocycles. The molecule has 1 aliphatic rings. The molecule has 3 rings (SSSR count). The van der Waals surface area contributed by atoms with Gasteiger partial charge in [0.15, 0.2) is 0 Å². The Kier molecular flexibility index (Phi) is 7.05. The first kappa shape index (κ1) is 24.0. The van der Waals surface area contributed by atoms with Gasteiger partial charge in [0.25, 0.3) is 0 Å². The standard InChI is InChI=1S/C21H29ClIN4O4/c1-20(2,3)30-18(28)23-15-11-24-16(22)14-10-25-17(27(14)15)13-8-7-9-26(12-13)19(29)31-21(4,5)6/h10-11,13H,7-9,12H2,1-6H3/q-1/t13-/m1/s1. The van der Waals surface area contributed by atoms with E-state index in [4.69, 9.17) is 21.1 Å². The summed E-state index contributed by atoms with van der Waals surface area (Å²) in [4.78, 5) is 35.7. The summed E-state index contributed by atoms with van der Waals surface area (Å²) >= 11 is 5.18. The molecule has 1 atom stereocenters. The summed E-state index contributed by atoms with van der Waals surface area (Å²) in [5, 5.41) is 0.329.